The molecule has 6 aliphatic rings. The molecule has 3 aromatic rings. The molecule has 2 bridgehead atoms. The van der Waals surface area contributed by atoms with Gasteiger partial charge in [-0.15, -0.1) is 9.46 Å². The van der Waals surface area contributed by atoms with Crippen molar-refractivity contribution < 1.29 is 32.7 Å². The third kappa shape index (κ3) is 6.82. The van der Waals surface area contributed by atoms with E-state index >= 15 is 4.21 Å². The number of hydrogen-bond acceptors (Lipinski definition) is 10. The van der Waals surface area contributed by atoms with Gasteiger partial charge in [0.1, 0.15) is 21.2 Å². The zero-order valence-corrected chi connectivity index (χ0v) is 34.9. The molecule has 306 valence electrons. The predicted octanol–water partition coefficient (Wildman–Crippen LogP) is 5.14. The van der Waals surface area contributed by atoms with Crippen LogP contribution in [0.3, 0.4) is 0 Å². The minimum absolute atomic E-state index is 0.000540. The summed E-state index contributed by atoms with van der Waals surface area (Å²) in [7, 11) is 3.36. The predicted molar refractivity (Wildman–Crippen MR) is 217 cm³/mol. The Morgan fingerprint density at radius 2 is 1.95 bits per heavy atom. The van der Waals surface area contributed by atoms with Crippen LogP contribution in [0.15, 0.2) is 47.0 Å². The molecule has 1 aromatic heterocycles. The van der Waals surface area contributed by atoms with Crippen molar-refractivity contribution in [3.63, 3.8) is 0 Å². The SMILES string of the molecule is COc1nn(C)cc1C(=O)NS1(=O)=NC(=O)c2ccc3c(c2)N(C[C@@H]2CC[C@H]2[C@@H](OC)[C@H]2CN(C)[C@H]4CO[C@H](C(C)C1)[C@@H]24)C[C@@]1(CCCc2cc(Cl)ccc21)CO3. The number of aromatic nitrogens is 2. The number of carbonyl (C=O) groups excluding carboxylic acids is 2. The monoisotopic (exact) mass is 820 g/mol. The maximum absolute atomic E-state index is 15.2. The summed E-state index contributed by atoms with van der Waals surface area (Å²) in [5.41, 5.74) is 3.42. The van der Waals surface area contributed by atoms with Crippen LogP contribution in [0.5, 0.6) is 11.6 Å². The molecule has 13 nitrogen and oxygen atoms in total. The lowest BCUT2D eigenvalue weighted by molar-refractivity contribution is -0.0725. The average molecular weight is 821 g/mol. The summed E-state index contributed by atoms with van der Waals surface area (Å²) >= 11 is 6.52. The van der Waals surface area contributed by atoms with Crippen molar-refractivity contribution in [2.45, 2.75) is 62.7 Å². The molecule has 1 saturated carbocycles. The first-order chi connectivity index (χ1) is 27.4. The number of anilines is 1. The summed E-state index contributed by atoms with van der Waals surface area (Å²) in [4.78, 5) is 33.0. The van der Waals surface area contributed by atoms with E-state index in [1.807, 2.05) is 32.2 Å². The second-order valence-corrected chi connectivity index (χ2v) is 19.8. The lowest BCUT2D eigenvalue weighted by Gasteiger charge is -2.48. The normalized spacial score (nSPS) is 34.9. The molecule has 2 aliphatic carbocycles. The highest BCUT2D eigenvalue weighted by Crippen LogP contribution is 2.51. The van der Waals surface area contributed by atoms with E-state index in [-0.39, 0.29) is 64.2 Å². The first kappa shape index (κ1) is 38.8. The topological polar surface area (TPSA) is 137 Å². The number of likely N-dealkylation sites (N-methyl/N-ethyl adjacent to an activating group) is 1. The number of aryl methyl sites for hydroxylation is 2. The molecule has 5 heterocycles. The summed E-state index contributed by atoms with van der Waals surface area (Å²) in [5, 5.41) is 4.94. The minimum atomic E-state index is -3.72. The Morgan fingerprint density at radius 1 is 1.11 bits per heavy atom. The molecule has 15 heteroatoms. The van der Waals surface area contributed by atoms with E-state index in [0.29, 0.717) is 37.3 Å². The number of amides is 2. The van der Waals surface area contributed by atoms with Crippen LogP contribution in [0.4, 0.5) is 5.69 Å². The highest BCUT2D eigenvalue weighted by molar-refractivity contribution is 7.92. The van der Waals surface area contributed by atoms with Gasteiger partial charge in [-0.2, -0.15) is 0 Å². The first-order valence-corrected chi connectivity index (χ1v) is 22.3. The number of rotatable bonds is 4. The van der Waals surface area contributed by atoms with E-state index in [2.05, 4.69) is 43.2 Å². The second-order valence-electron chi connectivity index (χ2n) is 17.4. The molecule has 0 radical (unpaired) electrons. The Morgan fingerprint density at radius 3 is 2.72 bits per heavy atom. The molecule has 1 N–H and O–H groups in total. The quantitative estimate of drug-likeness (QED) is 0.377. The fraction of sp³-hybridized carbons (Fsp3) is 0.595. The van der Waals surface area contributed by atoms with Crippen LogP contribution in [0, 0.1) is 29.6 Å². The zero-order valence-electron chi connectivity index (χ0n) is 33.3. The van der Waals surface area contributed by atoms with Gasteiger partial charge in [0, 0.05) is 73.9 Å². The van der Waals surface area contributed by atoms with Crippen molar-refractivity contribution in [2.24, 2.45) is 41.0 Å². The molecule has 2 saturated heterocycles. The highest BCUT2D eigenvalue weighted by Gasteiger charge is 2.56. The van der Waals surface area contributed by atoms with Crippen LogP contribution >= 0.6 is 11.6 Å². The molecule has 3 fully saturated rings. The van der Waals surface area contributed by atoms with Crippen molar-refractivity contribution in [3.8, 4) is 11.6 Å². The van der Waals surface area contributed by atoms with Crippen LogP contribution in [0.1, 0.15) is 64.4 Å². The first-order valence-electron chi connectivity index (χ1n) is 20.2. The van der Waals surface area contributed by atoms with Crippen molar-refractivity contribution in [2.75, 3.05) is 64.8 Å². The number of carbonyl (C=O) groups is 2. The Balaban J connectivity index is 1.16. The minimum Gasteiger partial charge on any atom is -0.490 e. The van der Waals surface area contributed by atoms with Gasteiger partial charge in [-0.05, 0) is 98.4 Å². The van der Waals surface area contributed by atoms with Crippen LogP contribution < -0.4 is 19.1 Å². The van der Waals surface area contributed by atoms with E-state index in [1.54, 1.807) is 13.1 Å². The Bertz CT molecular complexity index is 2210. The van der Waals surface area contributed by atoms with E-state index in [9.17, 15) is 9.59 Å². The number of fused-ring (bicyclic) bond motifs is 4. The zero-order chi connectivity index (χ0) is 39.8. The third-order valence-electron chi connectivity index (χ3n) is 13.9. The van der Waals surface area contributed by atoms with Crippen molar-refractivity contribution >= 4 is 39.0 Å². The average Bonchev–Trinajstić information content (AvgIpc) is 3.85. The smallest absolute Gasteiger partial charge is 0.286 e. The van der Waals surface area contributed by atoms with Gasteiger partial charge in [0.25, 0.3) is 11.8 Å². The maximum Gasteiger partial charge on any atom is 0.286 e. The lowest BCUT2D eigenvalue weighted by atomic mass is 9.64. The molecule has 57 heavy (non-hydrogen) atoms. The molecular formula is C42H53ClN6O7S. The largest absolute Gasteiger partial charge is 0.490 e. The number of ether oxygens (including phenoxy) is 4. The number of nitrogens with zero attached hydrogens (tertiary/aromatic N) is 5. The van der Waals surface area contributed by atoms with Crippen LogP contribution in [0.25, 0.3) is 0 Å². The molecule has 4 aliphatic heterocycles. The lowest BCUT2D eigenvalue weighted by Crippen LogP contribution is -2.52. The Kier molecular flexibility index (Phi) is 10.1. The second kappa shape index (κ2) is 14.8. The van der Waals surface area contributed by atoms with Gasteiger partial charge in [-0.3, -0.25) is 19.0 Å². The summed E-state index contributed by atoms with van der Waals surface area (Å²) in [6.07, 6.45) is 6.32. The van der Waals surface area contributed by atoms with E-state index in [4.69, 9.17) is 30.5 Å². The Hall–Kier alpha value is -3.69. The van der Waals surface area contributed by atoms with Gasteiger partial charge in [-0.25, -0.2) is 4.21 Å². The molecule has 1 spiro atoms. The molecular weight excluding hydrogens is 768 g/mol. The number of likely N-dealkylation sites (tertiary alicyclic amines) is 1. The van der Waals surface area contributed by atoms with E-state index < -0.39 is 21.7 Å². The maximum atomic E-state index is 15.2. The van der Waals surface area contributed by atoms with Gasteiger partial charge >= 0.3 is 0 Å². The van der Waals surface area contributed by atoms with E-state index in [0.717, 1.165) is 55.9 Å². The third-order valence-corrected chi connectivity index (χ3v) is 16.1. The summed E-state index contributed by atoms with van der Waals surface area (Å²) < 4.78 is 48.9. The summed E-state index contributed by atoms with van der Waals surface area (Å²) in [6.45, 7) is 5.37. The van der Waals surface area contributed by atoms with Crippen LogP contribution in [-0.4, -0.2) is 109 Å². The Labute approximate surface area is 340 Å². The van der Waals surface area contributed by atoms with Crippen molar-refractivity contribution in [1.29, 1.82) is 0 Å². The summed E-state index contributed by atoms with van der Waals surface area (Å²) in [6, 6.07) is 11.8. The van der Waals surface area contributed by atoms with Crippen molar-refractivity contribution in [3.05, 3.63) is 69.9 Å². The molecule has 2 unspecified atom stereocenters. The van der Waals surface area contributed by atoms with Gasteiger partial charge in [0.15, 0.2) is 0 Å². The summed E-state index contributed by atoms with van der Waals surface area (Å²) in [5.74, 6) is -0.0252. The van der Waals surface area contributed by atoms with Crippen LogP contribution in [0.2, 0.25) is 5.02 Å². The number of halogens is 1. The number of benzene rings is 2. The van der Waals surface area contributed by atoms with Gasteiger partial charge in [0.05, 0.1) is 44.0 Å². The molecule has 10 atom stereocenters. The van der Waals surface area contributed by atoms with Gasteiger partial charge < -0.3 is 28.7 Å². The highest BCUT2D eigenvalue weighted by atomic mass is 35.5. The van der Waals surface area contributed by atoms with Gasteiger partial charge in [0.2, 0.25) is 5.88 Å². The van der Waals surface area contributed by atoms with Crippen molar-refractivity contribution in [1.82, 2.24) is 19.4 Å². The van der Waals surface area contributed by atoms with Crippen LogP contribution in [-0.2, 0) is 38.3 Å². The van der Waals surface area contributed by atoms with Gasteiger partial charge in [-0.1, -0.05) is 24.6 Å². The van der Waals surface area contributed by atoms with E-state index in [1.165, 1.54) is 29.1 Å². The molecule has 2 aromatic carbocycles. The number of methoxy groups -OCH3 is 2. The fourth-order valence-electron chi connectivity index (χ4n) is 11.2. The number of nitrogens with one attached hydrogen (secondary N) is 1. The standard InChI is InChI=1S/C42H53ClN6O7S/c1-24-21-57(52,46-40(51)31-19-48(3)44-41(31)54-5)45-39(50)26-9-13-35-33(16-26)49(22-42(23-56-35)14-6-7-25-15-28(43)10-12-32(25)42)17-27-8-11-29(27)38(53-4)30-18-47(2)34-20-55-37(24)36(30)34/h9-10,12-13,15-16,19,24,27,29-30,34,36-38H,6-8,11,14,17-18,20-23H2,1-5H3,(H,45,46,50,51,52)/t24?,27-,29+,30-,34-,36-,37+,38+,42-,57?/m0/s1. The molecule has 9 rings (SSSR count). The fourth-order valence-corrected chi connectivity index (χ4v) is 13.3. The molecule has 2 amide bonds. The number of hydrogen-bond donors (Lipinski definition) is 1.